The largest absolute Gasteiger partial charge is 0.383 e. The second-order valence-corrected chi connectivity index (χ2v) is 7.39. The molecule has 3 N–H and O–H groups in total. The third-order valence-electron chi connectivity index (χ3n) is 4.90. The Bertz CT molecular complexity index is 1180. The van der Waals surface area contributed by atoms with Crippen LogP contribution in [0.2, 0.25) is 0 Å². The number of nitrogens with two attached hydrogens (primary N) is 1. The molecule has 1 amide bonds. The number of hydrogen-bond acceptors (Lipinski definition) is 5. The van der Waals surface area contributed by atoms with Crippen molar-refractivity contribution in [3.63, 3.8) is 0 Å². The zero-order chi connectivity index (χ0) is 22.5. The summed E-state index contributed by atoms with van der Waals surface area (Å²) in [7, 11) is 1.50. The molecule has 0 bridgehead atoms. The van der Waals surface area contributed by atoms with Gasteiger partial charge in [0.2, 0.25) is 0 Å². The Labute approximate surface area is 179 Å². The number of carbonyl (C=O) groups is 1. The van der Waals surface area contributed by atoms with Gasteiger partial charge in [0, 0.05) is 12.7 Å². The van der Waals surface area contributed by atoms with E-state index in [1.807, 2.05) is 50.2 Å². The van der Waals surface area contributed by atoms with Gasteiger partial charge in [-0.25, -0.2) is 4.79 Å². The van der Waals surface area contributed by atoms with Crippen LogP contribution in [-0.4, -0.2) is 29.2 Å². The van der Waals surface area contributed by atoms with Crippen LogP contribution >= 0.6 is 0 Å². The van der Waals surface area contributed by atoms with Crippen LogP contribution in [0, 0.1) is 13.8 Å². The van der Waals surface area contributed by atoms with Crippen LogP contribution in [-0.2, 0) is 17.8 Å². The van der Waals surface area contributed by atoms with Crippen LogP contribution < -0.4 is 21.9 Å². The predicted octanol–water partition coefficient (Wildman–Crippen LogP) is 2.23. The molecular formula is C23H26N4O4. The number of ether oxygens (including phenoxy) is 1. The fourth-order valence-electron chi connectivity index (χ4n) is 3.52. The molecule has 2 aromatic carbocycles. The highest BCUT2D eigenvalue weighted by molar-refractivity contribution is 6.07. The standard InChI is InChI=1S/C23H26N4O4/c1-15-11-16(2)13-18(12-15)22(29)27(14-17-7-5-4-6-8-17)19-20(24)26(9-10-31-3)23(30)25-21(19)28/h4-8,11-13H,9-10,14,24H2,1-3H3,(H,25,28,30). The third kappa shape index (κ3) is 4.92. The second-order valence-electron chi connectivity index (χ2n) is 7.39. The molecule has 31 heavy (non-hydrogen) atoms. The van der Waals surface area contributed by atoms with Crippen molar-refractivity contribution in [1.82, 2.24) is 9.55 Å². The van der Waals surface area contributed by atoms with Crippen molar-refractivity contribution in [2.45, 2.75) is 26.9 Å². The minimum absolute atomic E-state index is 0.0660. The number of amides is 1. The molecule has 0 saturated heterocycles. The minimum atomic E-state index is -0.718. The van der Waals surface area contributed by atoms with Gasteiger partial charge in [-0.3, -0.25) is 24.0 Å². The number of hydrogen-bond donors (Lipinski definition) is 2. The van der Waals surface area contributed by atoms with E-state index in [-0.39, 0.29) is 37.1 Å². The molecule has 0 radical (unpaired) electrons. The van der Waals surface area contributed by atoms with E-state index < -0.39 is 11.2 Å². The fraction of sp³-hybridized carbons (Fsp3) is 0.261. The lowest BCUT2D eigenvalue weighted by atomic mass is 10.1. The van der Waals surface area contributed by atoms with Crippen LogP contribution in [0.25, 0.3) is 0 Å². The number of rotatable bonds is 7. The Morgan fingerprint density at radius 2 is 1.74 bits per heavy atom. The highest BCUT2D eigenvalue weighted by atomic mass is 16.5. The highest BCUT2D eigenvalue weighted by Crippen LogP contribution is 2.23. The van der Waals surface area contributed by atoms with Gasteiger partial charge in [-0.1, -0.05) is 47.5 Å². The van der Waals surface area contributed by atoms with E-state index >= 15 is 0 Å². The van der Waals surface area contributed by atoms with E-state index in [0.29, 0.717) is 5.56 Å². The zero-order valence-corrected chi connectivity index (χ0v) is 17.8. The summed E-state index contributed by atoms with van der Waals surface area (Å²) in [5.74, 6) is -0.468. The van der Waals surface area contributed by atoms with Gasteiger partial charge in [0.15, 0.2) is 5.69 Å². The number of aryl methyl sites for hydroxylation is 2. The number of H-pyrrole nitrogens is 1. The number of anilines is 2. The van der Waals surface area contributed by atoms with Gasteiger partial charge in [-0.15, -0.1) is 0 Å². The van der Waals surface area contributed by atoms with Crippen molar-refractivity contribution in [3.05, 3.63) is 91.6 Å². The molecule has 0 saturated carbocycles. The topological polar surface area (TPSA) is 110 Å². The Kier molecular flexibility index (Phi) is 6.71. The number of benzene rings is 2. The van der Waals surface area contributed by atoms with Crippen molar-refractivity contribution in [2.24, 2.45) is 0 Å². The number of carbonyl (C=O) groups excluding carboxylic acids is 1. The Morgan fingerprint density at radius 1 is 1.10 bits per heavy atom. The molecule has 162 valence electrons. The molecule has 0 fully saturated rings. The fourth-order valence-corrected chi connectivity index (χ4v) is 3.52. The van der Waals surface area contributed by atoms with Gasteiger partial charge in [0.05, 0.1) is 19.7 Å². The maximum atomic E-state index is 13.6. The lowest BCUT2D eigenvalue weighted by molar-refractivity contribution is 0.0984. The first kappa shape index (κ1) is 22.0. The number of aromatic amines is 1. The van der Waals surface area contributed by atoms with E-state index in [1.54, 1.807) is 12.1 Å². The molecule has 8 nitrogen and oxygen atoms in total. The van der Waals surface area contributed by atoms with Crippen molar-refractivity contribution < 1.29 is 9.53 Å². The molecule has 3 aromatic rings. The summed E-state index contributed by atoms with van der Waals surface area (Å²) in [6.07, 6.45) is 0. The quantitative estimate of drug-likeness (QED) is 0.607. The van der Waals surface area contributed by atoms with Gasteiger partial charge < -0.3 is 10.5 Å². The normalized spacial score (nSPS) is 10.8. The molecule has 0 unspecified atom stereocenters. The summed E-state index contributed by atoms with van der Waals surface area (Å²) in [4.78, 5) is 42.3. The second kappa shape index (κ2) is 9.44. The van der Waals surface area contributed by atoms with Gasteiger partial charge in [-0.05, 0) is 31.5 Å². The van der Waals surface area contributed by atoms with Crippen LogP contribution in [0.4, 0.5) is 11.5 Å². The number of methoxy groups -OCH3 is 1. The number of nitrogen functional groups attached to an aromatic ring is 1. The summed E-state index contributed by atoms with van der Waals surface area (Å²) >= 11 is 0. The van der Waals surface area contributed by atoms with Crippen LogP contribution in [0.15, 0.2) is 58.1 Å². The van der Waals surface area contributed by atoms with Crippen LogP contribution in [0.1, 0.15) is 27.0 Å². The van der Waals surface area contributed by atoms with E-state index in [9.17, 15) is 14.4 Å². The average molecular weight is 422 g/mol. The Morgan fingerprint density at radius 3 is 2.35 bits per heavy atom. The van der Waals surface area contributed by atoms with Crippen molar-refractivity contribution in [3.8, 4) is 0 Å². The first-order valence-electron chi connectivity index (χ1n) is 9.87. The van der Waals surface area contributed by atoms with Gasteiger partial charge in [0.25, 0.3) is 11.5 Å². The summed E-state index contributed by atoms with van der Waals surface area (Å²) in [6, 6.07) is 14.8. The lowest BCUT2D eigenvalue weighted by Crippen LogP contribution is -2.41. The maximum Gasteiger partial charge on any atom is 0.330 e. The monoisotopic (exact) mass is 422 g/mol. The van der Waals surface area contributed by atoms with Crippen LogP contribution in [0.5, 0.6) is 0 Å². The third-order valence-corrected chi connectivity index (χ3v) is 4.90. The van der Waals surface area contributed by atoms with Gasteiger partial charge >= 0.3 is 5.69 Å². The Hall–Kier alpha value is -3.65. The van der Waals surface area contributed by atoms with Crippen molar-refractivity contribution >= 4 is 17.4 Å². The van der Waals surface area contributed by atoms with Crippen molar-refractivity contribution in [1.29, 1.82) is 0 Å². The highest BCUT2D eigenvalue weighted by Gasteiger charge is 2.26. The molecule has 1 aromatic heterocycles. The molecule has 1 heterocycles. The molecular weight excluding hydrogens is 396 g/mol. The molecule has 0 aliphatic carbocycles. The molecule has 3 rings (SSSR count). The van der Waals surface area contributed by atoms with Gasteiger partial charge in [0.1, 0.15) is 5.82 Å². The van der Waals surface area contributed by atoms with E-state index in [0.717, 1.165) is 16.7 Å². The zero-order valence-electron chi connectivity index (χ0n) is 17.8. The number of aromatic nitrogens is 2. The van der Waals surface area contributed by atoms with E-state index in [1.165, 1.54) is 16.6 Å². The number of nitrogens with one attached hydrogen (secondary N) is 1. The molecule has 0 atom stereocenters. The molecule has 8 heteroatoms. The van der Waals surface area contributed by atoms with E-state index in [4.69, 9.17) is 10.5 Å². The van der Waals surface area contributed by atoms with E-state index in [2.05, 4.69) is 4.98 Å². The van der Waals surface area contributed by atoms with Crippen LogP contribution in [0.3, 0.4) is 0 Å². The maximum absolute atomic E-state index is 13.6. The lowest BCUT2D eigenvalue weighted by Gasteiger charge is -2.25. The van der Waals surface area contributed by atoms with Gasteiger partial charge in [-0.2, -0.15) is 0 Å². The molecule has 0 aliphatic rings. The van der Waals surface area contributed by atoms with Crippen molar-refractivity contribution in [2.75, 3.05) is 24.4 Å². The Balaban J connectivity index is 2.18. The smallest absolute Gasteiger partial charge is 0.330 e. The summed E-state index contributed by atoms with van der Waals surface area (Å²) in [5, 5.41) is 0. The number of nitrogens with zero attached hydrogens (tertiary/aromatic N) is 2. The molecule has 0 spiro atoms. The first-order valence-corrected chi connectivity index (χ1v) is 9.87. The SMILES string of the molecule is COCCn1c(N)c(N(Cc2ccccc2)C(=O)c2cc(C)cc(C)c2)c(=O)[nH]c1=O. The predicted molar refractivity (Wildman–Crippen MR) is 120 cm³/mol. The molecule has 0 aliphatic heterocycles. The summed E-state index contributed by atoms with van der Waals surface area (Å²) < 4.78 is 6.24. The summed E-state index contributed by atoms with van der Waals surface area (Å²) in [5.41, 5.74) is 7.91. The minimum Gasteiger partial charge on any atom is -0.383 e. The average Bonchev–Trinajstić information content (AvgIpc) is 2.72. The summed E-state index contributed by atoms with van der Waals surface area (Å²) in [6.45, 7) is 4.28. The first-order chi connectivity index (χ1) is 14.8.